The van der Waals surface area contributed by atoms with Crippen LogP contribution in [0.4, 0.5) is 5.82 Å². The van der Waals surface area contributed by atoms with Crippen LogP contribution in [-0.4, -0.2) is 58.3 Å². The summed E-state index contributed by atoms with van der Waals surface area (Å²) in [6.45, 7) is 2.72. The van der Waals surface area contributed by atoms with Gasteiger partial charge < -0.3 is 9.64 Å². The van der Waals surface area contributed by atoms with Gasteiger partial charge in [0.1, 0.15) is 12.1 Å². The Morgan fingerprint density at radius 3 is 2.67 bits per heavy atom. The number of aromatic amines is 1. The number of thiophene rings is 1. The van der Waals surface area contributed by atoms with Gasteiger partial charge in [-0.25, -0.2) is 9.97 Å². The molecule has 2 aromatic carbocycles. The van der Waals surface area contributed by atoms with E-state index in [9.17, 15) is 9.59 Å². The molecule has 3 aromatic heterocycles. The third-order valence-corrected chi connectivity index (χ3v) is 7.18. The van der Waals surface area contributed by atoms with E-state index >= 15 is 0 Å². The Morgan fingerprint density at radius 1 is 0.972 bits per heavy atom. The summed E-state index contributed by atoms with van der Waals surface area (Å²) in [7, 11) is 0. The van der Waals surface area contributed by atoms with Crippen LogP contribution in [0.5, 0.6) is 0 Å². The van der Waals surface area contributed by atoms with Crippen LogP contribution in [0.25, 0.3) is 32.2 Å². The minimum Gasteiger partial charge on any atom is -0.378 e. The summed E-state index contributed by atoms with van der Waals surface area (Å²) in [4.78, 5) is 37.3. The van der Waals surface area contributed by atoms with Gasteiger partial charge in [0.2, 0.25) is 0 Å². The molecule has 0 unspecified atom stereocenters. The molecule has 4 heterocycles. The quantitative estimate of drug-likeness (QED) is 0.325. The molecule has 1 aliphatic heterocycles. The summed E-state index contributed by atoms with van der Waals surface area (Å²) in [5.74, 6) is -0.0539. The third-order valence-electron chi connectivity index (χ3n) is 6.06. The number of carbonyl (C=O) groups excluding carboxylic acids is 2. The molecule has 0 saturated carbocycles. The fourth-order valence-electron chi connectivity index (χ4n) is 4.32. The second kappa shape index (κ2) is 9.36. The van der Waals surface area contributed by atoms with Gasteiger partial charge in [-0.3, -0.25) is 25.5 Å². The maximum Gasteiger partial charge on any atom is 0.279 e. The number of aromatic nitrogens is 4. The molecule has 5 aromatic rings. The number of hydrogen-bond acceptors (Lipinski definition) is 8. The predicted octanol–water partition coefficient (Wildman–Crippen LogP) is 3.15. The number of ether oxygens (including phenoxy) is 1. The first-order chi connectivity index (χ1) is 17.7. The summed E-state index contributed by atoms with van der Waals surface area (Å²) in [6, 6.07) is 14.7. The van der Waals surface area contributed by atoms with E-state index in [0.29, 0.717) is 29.2 Å². The lowest BCUT2D eigenvalue weighted by atomic mass is 9.97. The number of amides is 2. The van der Waals surface area contributed by atoms with Crippen molar-refractivity contribution in [1.82, 2.24) is 31.0 Å². The fraction of sp³-hybridized carbons (Fsp3) is 0.160. The van der Waals surface area contributed by atoms with E-state index in [1.165, 1.54) is 17.7 Å². The number of fused-ring (bicyclic) bond motifs is 2. The molecule has 2 amide bonds. The van der Waals surface area contributed by atoms with Crippen LogP contribution < -0.4 is 15.8 Å². The zero-order valence-corrected chi connectivity index (χ0v) is 19.8. The molecule has 10 nitrogen and oxygen atoms in total. The van der Waals surface area contributed by atoms with Crippen molar-refractivity contribution in [3.8, 4) is 11.1 Å². The highest BCUT2D eigenvalue weighted by Crippen LogP contribution is 2.32. The Bertz CT molecular complexity index is 1590. The van der Waals surface area contributed by atoms with Crippen molar-refractivity contribution in [1.29, 1.82) is 0 Å². The van der Waals surface area contributed by atoms with Gasteiger partial charge >= 0.3 is 0 Å². The van der Waals surface area contributed by atoms with E-state index < -0.39 is 11.8 Å². The van der Waals surface area contributed by atoms with E-state index in [4.69, 9.17) is 4.74 Å². The number of H-pyrrole nitrogens is 1. The Balaban J connectivity index is 1.22. The topological polar surface area (TPSA) is 125 Å². The highest BCUT2D eigenvalue weighted by molar-refractivity contribution is 7.21. The van der Waals surface area contributed by atoms with E-state index in [0.717, 1.165) is 45.6 Å². The fourth-order valence-corrected chi connectivity index (χ4v) is 5.34. The average molecular weight is 500 g/mol. The van der Waals surface area contributed by atoms with Gasteiger partial charge in [-0.1, -0.05) is 30.3 Å². The number of anilines is 1. The van der Waals surface area contributed by atoms with E-state index in [1.54, 1.807) is 24.4 Å². The smallest absolute Gasteiger partial charge is 0.279 e. The van der Waals surface area contributed by atoms with Crippen LogP contribution in [0, 0.1) is 0 Å². The van der Waals surface area contributed by atoms with Gasteiger partial charge in [0.15, 0.2) is 0 Å². The molecule has 0 radical (unpaired) electrons. The molecule has 0 atom stereocenters. The molecule has 36 heavy (non-hydrogen) atoms. The third kappa shape index (κ3) is 4.04. The van der Waals surface area contributed by atoms with Gasteiger partial charge in [-0.2, -0.15) is 5.10 Å². The van der Waals surface area contributed by atoms with Gasteiger partial charge in [0.05, 0.1) is 40.0 Å². The summed E-state index contributed by atoms with van der Waals surface area (Å²) in [6.07, 6.45) is 3.23. The van der Waals surface area contributed by atoms with Crippen molar-refractivity contribution in [3.63, 3.8) is 0 Å². The zero-order chi connectivity index (χ0) is 24.5. The second-order valence-corrected chi connectivity index (χ2v) is 9.26. The van der Waals surface area contributed by atoms with Crippen LogP contribution in [0.15, 0.2) is 61.1 Å². The van der Waals surface area contributed by atoms with Crippen molar-refractivity contribution in [2.24, 2.45) is 0 Å². The van der Waals surface area contributed by atoms with E-state index in [1.807, 2.05) is 30.3 Å². The van der Waals surface area contributed by atoms with Crippen LogP contribution in [0.1, 0.15) is 20.0 Å². The highest BCUT2D eigenvalue weighted by Gasteiger charge is 2.21. The van der Waals surface area contributed by atoms with E-state index in [-0.39, 0.29) is 0 Å². The molecule has 6 rings (SSSR count). The summed E-state index contributed by atoms with van der Waals surface area (Å²) >= 11 is 1.29. The van der Waals surface area contributed by atoms with Crippen molar-refractivity contribution in [2.75, 3.05) is 31.2 Å². The van der Waals surface area contributed by atoms with Gasteiger partial charge in [0, 0.05) is 24.0 Å². The number of benzene rings is 2. The van der Waals surface area contributed by atoms with Crippen LogP contribution in [0.3, 0.4) is 0 Å². The molecule has 180 valence electrons. The number of nitrogens with one attached hydrogen (secondary N) is 3. The van der Waals surface area contributed by atoms with Crippen molar-refractivity contribution >= 4 is 50.1 Å². The first kappa shape index (κ1) is 22.1. The first-order valence-corrected chi connectivity index (χ1v) is 12.2. The summed E-state index contributed by atoms with van der Waals surface area (Å²) in [5.41, 5.74) is 8.70. The Kier molecular flexibility index (Phi) is 5.76. The molecule has 0 aliphatic carbocycles. The minimum absolute atomic E-state index is 0.422. The molecular weight excluding hydrogens is 478 g/mol. The number of rotatable bonds is 4. The number of carbonyl (C=O) groups is 2. The highest BCUT2D eigenvalue weighted by atomic mass is 32.1. The predicted molar refractivity (Wildman–Crippen MR) is 137 cm³/mol. The van der Waals surface area contributed by atoms with Crippen molar-refractivity contribution in [2.45, 2.75) is 0 Å². The zero-order valence-electron chi connectivity index (χ0n) is 19.0. The largest absolute Gasteiger partial charge is 0.378 e. The molecule has 1 aliphatic rings. The molecule has 0 spiro atoms. The van der Waals surface area contributed by atoms with E-state index in [2.05, 4.69) is 35.9 Å². The average Bonchev–Trinajstić information content (AvgIpc) is 3.59. The van der Waals surface area contributed by atoms with Gasteiger partial charge in [-0.15, -0.1) is 11.3 Å². The maximum absolute atomic E-state index is 13.1. The Labute approximate surface area is 209 Å². The lowest BCUT2D eigenvalue weighted by Gasteiger charge is -2.27. The molecule has 3 N–H and O–H groups in total. The lowest BCUT2D eigenvalue weighted by Crippen LogP contribution is -2.41. The number of hydrogen-bond donors (Lipinski definition) is 3. The standard InChI is InChI=1S/C25H21N7O3S/c33-24(17-5-2-1-4-15(17)16-6-3-7-19-18(16)13-28-29-19)30-31-25(34)21-12-20-22(36-21)23(27-14-26-20)32-8-10-35-11-9-32/h1-7,12-14H,8-11H2,(H,28,29)(H,30,33)(H,31,34). The minimum atomic E-state index is -0.423. The van der Waals surface area contributed by atoms with Crippen LogP contribution >= 0.6 is 11.3 Å². The van der Waals surface area contributed by atoms with Crippen LogP contribution in [-0.2, 0) is 4.74 Å². The van der Waals surface area contributed by atoms with Gasteiger partial charge in [0.25, 0.3) is 11.8 Å². The second-order valence-electron chi connectivity index (χ2n) is 8.21. The molecular formula is C25H21N7O3S. The molecule has 1 fully saturated rings. The Morgan fingerprint density at radius 2 is 1.78 bits per heavy atom. The first-order valence-electron chi connectivity index (χ1n) is 11.4. The van der Waals surface area contributed by atoms with Crippen molar-refractivity contribution in [3.05, 3.63) is 71.5 Å². The Hall–Kier alpha value is -4.35. The van der Waals surface area contributed by atoms with Crippen LogP contribution in [0.2, 0.25) is 0 Å². The number of morpholine rings is 1. The monoisotopic (exact) mass is 499 g/mol. The SMILES string of the molecule is O=C(NNC(=O)c1ccccc1-c1cccc2[nH]ncc12)c1cc2ncnc(N3CCOCC3)c2s1. The normalized spacial score (nSPS) is 13.7. The molecule has 0 bridgehead atoms. The molecule has 1 saturated heterocycles. The number of hydrazine groups is 1. The lowest BCUT2D eigenvalue weighted by molar-refractivity contribution is 0.0849. The maximum atomic E-state index is 13.1. The summed E-state index contributed by atoms with van der Waals surface area (Å²) < 4.78 is 6.26. The summed E-state index contributed by atoms with van der Waals surface area (Å²) in [5, 5.41) is 7.96. The van der Waals surface area contributed by atoms with Gasteiger partial charge in [-0.05, 0) is 29.3 Å². The van der Waals surface area contributed by atoms with Crippen molar-refractivity contribution < 1.29 is 14.3 Å². The number of nitrogens with zero attached hydrogens (tertiary/aromatic N) is 4. The molecule has 11 heteroatoms.